The van der Waals surface area contributed by atoms with Gasteiger partial charge in [-0.1, -0.05) is 19.6 Å². The Morgan fingerprint density at radius 2 is 1.85 bits per heavy atom. The zero-order chi connectivity index (χ0) is 28.2. The van der Waals surface area contributed by atoms with Gasteiger partial charge in [-0.15, -0.1) is 0 Å². The van der Waals surface area contributed by atoms with Crippen LogP contribution in [0.15, 0.2) is 65.8 Å². The number of carbonyl (C=O) groups is 4. The van der Waals surface area contributed by atoms with Crippen LogP contribution >= 0.6 is 11.8 Å². The van der Waals surface area contributed by atoms with Gasteiger partial charge in [-0.3, -0.25) is 29.5 Å². The van der Waals surface area contributed by atoms with E-state index in [2.05, 4.69) is 21.8 Å². The van der Waals surface area contributed by atoms with Crippen molar-refractivity contribution in [2.45, 2.75) is 26.2 Å². The minimum Gasteiger partial charge on any atom is -0.353 e. The molecule has 2 aliphatic heterocycles. The standard InChI is InChI=1S/C30H29N5O4S/c1-3-19(2)25(36)7-9-28(37)35-14-12-34(13-15-35)27-8-5-21(18-32-27)22-10-11-31-24-6-4-20(16-23(22)24)17-26-29(38)33-30(39)40-26/h4-6,8,10-11,16-18H,2-3,7,9,12-15H2,1H3,(H,33,38,39)/b26-17-. The Labute approximate surface area is 236 Å². The van der Waals surface area contributed by atoms with E-state index in [1.54, 1.807) is 12.3 Å². The smallest absolute Gasteiger partial charge is 0.290 e. The average molecular weight is 556 g/mol. The van der Waals surface area contributed by atoms with Gasteiger partial charge in [0.05, 0.1) is 10.4 Å². The van der Waals surface area contributed by atoms with Gasteiger partial charge in [0.25, 0.3) is 11.1 Å². The fourth-order valence-corrected chi connectivity index (χ4v) is 5.43. The highest BCUT2D eigenvalue weighted by atomic mass is 32.2. The lowest BCUT2D eigenvalue weighted by atomic mass is 10.0. The number of thioether (sulfide) groups is 1. The molecule has 204 valence electrons. The molecule has 0 atom stereocenters. The summed E-state index contributed by atoms with van der Waals surface area (Å²) in [7, 11) is 0. The Balaban J connectivity index is 1.26. The molecular weight excluding hydrogens is 526 g/mol. The van der Waals surface area contributed by atoms with E-state index in [1.807, 2.05) is 54.4 Å². The van der Waals surface area contributed by atoms with E-state index >= 15 is 0 Å². The summed E-state index contributed by atoms with van der Waals surface area (Å²) in [5.74, 6) is 0.409. The number of carbonyl (C=O) groups excluding carboxylic acids is 4. The highest BCUT2D eigenvalue weighted by Gasteiger charge is 2.25. The zero-order valence-electron chi connectivity index (χ0n) is 22.2. The molecule has 10 heteroatoms. The molecule has 3 aromatic rings. The van der Waals surface area contributed by atoms with E-state index in [-0.39, 0.29) is 35.7 Å². The lowest BCUT2D eigenvalue weighted by Crippen LogP contribution is -2.49. The number of amides is 3. The number of anilines is 1. The molecule has 3 amide bonds. The van der Waals surface area contributed by atoms with Crippen molar-refractivity contribution in [3.63, 3.8) is 0 Å². The van der Waals surface area contributed by atoms with Crippen LogP contribution in [0.4, 0.5) is 10.6 Å². The second kappa shape index (κ2) is 11.8. The van der Waals surface area contributed by atoms with Crippen LogP contribution in [-0.2, 0) is 14.4 Å². The molecule has 2 fully saturated rings. The van der Waals surface area contributed by atoms with Gasteiger partial charge in [0.1, 0.15) is 5.82 Å². The molecule has 1 N–H and O–H groups in total. The Hall–Kier alpha value is -4.31. The van der Waals surface area contributed by atoms with Crippen molar-refractivity contribution in [2.75, 3.05) is 31.1 Å². The van der Waals surface area contributed by atoms with Crippen molar-refractivity contribution in [3.05, 3.63) is 71.4 Å². The summed E-state index contributed by atoms with van der Waals surface area (Å²) < 4.78 is 0. The molecule has 0 radical (unpaired) electrons. The quantitative estimate of drug-likeness (QED) is 0.402. The third kappa shape index (κ3) is 5.96. The van der Waals surface area contributed by atoms with Gasteiger partial charge in [0.2, 0.25) is 5.91 Å². The summed E-state index contributed by atoms with van der Waals surface area (Å²) in [5, 5.41) is 2.81. The Morgan fingerprint density at radius 1 is 1.05 bits per heavy atom. The van der Waals surface area contributed by atoms with Crippen molar-refractivity contribution in [3.8, 4) is 11.1 Å². The van der Waals surface area contributed by atoms with Crippen LogP contribution in [0, 0.1) is 0 Å². The molecule has 2 saturated heterocycles. The van der Waals surface area contributed by atoms with Crippen LogP contribution in [0.5, 0.6) is 0 Å². The van der Waals surface area contributed by atoms with E-state index in [9.17, 15) is 19.2 Å². The third-order valence-corrected chi connectivity index (χ3v) is 7.92. The number of allylic oxidation sites excluding steroid dienone is 1. The first-order valence-electron chi connectivity index (χ1n) is 13.2. The summed E-state index contributed by atoms with van der Waals surface area (Å²) in [6.07, 6.45) is 6.32. The van der Waals surface area contributed by atoms with E-state index in [4.69, 9.17) is 4.98 Å². The molecule has 2 aliphatic rings. The number of nitrogens with zero attached hydrogens (tertiary/aromatic N) is 4. The van der Waals surface area contributed by atoms with Crippen LogP contribution in [0.3, 0.4) is 0 Å². The summed E-state index contributed by atoms with van der Waals surface area (Å²) >= 11 is 0.889. The van der Waals surface area contributed by atoms with Crippen molar-refractivity contribution in [1.82, 2.24) is 20.2 Å². The predicted molar refractivity (Wildman–Crippen MR) is 157 cm³/mol. The topological polar surface area (TPSA) is 113 Å². The van der Waals surface area contributed by atoms with Crippen LogP contribution in [-0.4, -0.2) is 63.9 Å². The number of hydrogen-bond acceptors (Lipinski definition) is 8. The summed E-state index contributed by atoms with van der Waals surface area (Å²) in [4.78, 5) is 61.5. The lowest BCUT2D eigenvalue weighted by Gasteiger charge is -2.35. The molecule has 0 bridgehead atoms. The largest absolute Gasteiger partial charge is 0.353 e. The maximum atomic E-state index is 12.6. The van der Waals surface area contributed by atoms with E-state index in [0.717, 1.165) is 45.2 Å². The SMILES string of the molecule is C=C(CC)C(=O)CCC(=O)N1CCN(c2ccc(-c3ccnc4ccc(/C=C5\SC(=O)NC5=O)cc34)cn2)CC1. The molecule has 0 aliphatic carbocycles. The maximum Gasteiger partial charge on any atom is 0.290 e. The Bertz CT molecular complexity index is 1540. The molecule has 9 nitrogen and oxygen atoms in total. The molecule has 1 aromatic carbocycles. The number of benzene rings is 1. The number of imide groups is 1. The number of fused-ring (bicyclic) bond motifs is 1. The fourth-order valence-electron chi connectivity index (χ4n) is 4.75. The van der Waals surface area contributed by atoms with Gasteiger partial charge >= 0.3 is 0 Å². The van der Waals surface area contributed by atoms with Crippen LogP contribution in [0.1, 0.15) is 31.7 Å². The highest BCUT2D eigenvalue weighted by molar-refractivity contribution is 8.18. The number of Topliss-reactive ketones (excluding diaryl/α,β-unsaturated/α-hetero) is 1. The second-order valence-electron chi connectivity index (χ2n) is 9.64. The molecule has 0 spiro atoms. The van der Waals surface area contributed by atoms with Crippen molar-refractivity contribution < 1.29 is 19.2 Å². The fraction of sp³-hybridized carbons (Fsp3) is 0.267. The molecule has 40 heavy (non-hydrogen) atoms. The number of ketones is 1. The first-order valence-corrected chi connectivity index (χ1v) is 14.0. The summed E-state index contributed by atoms with van der Waals surface area (Å²) in [5.41, 5.74) is 4.06. The first kappa shape index (κ1) is 27.3. The van der Waals surface area contributed by atoms with Gasteiger partial charge in [0.15, 0.2) is 5.78 Å². The Kier molecular flexibility index (Phi) is 8.06. The molecule has 5 rings (SSSR count). The number of hydrogen-bond donors (Lipinski definition) is 1. The number of nitrogens with one attached hydrogen (secondary N) is 1. The highest BCUT2D eigenvalue weighted by Crippen LogP contribution is 2.31. The molecule has 4 heterocycles. The molecule has 0 saturated carbocycles. The number of piperazine rings is 1. The molecular formula is C30H29N5O4S. The maximum absolute atomic E-state index is 12.6. The van der Waals surface area contributed by atoms with E-state index in [1.165, 1.54) is 0 Å². The average Bonchev–Trinajstić information content (AvgIpc) is 3.30. The minimum absolute atomic E-state index is 0.00135. The number of pyridine rings is 2. The second-order valence-corrected chi connectivity index (χ2v) is 10.7. The summed E-state index contributed by atoms with van der Waals surface area (Å²) in [6, 6.07) is 11.6. The van der Waals surface area contributed by atoms with Crippen LogP contribution in [0.25, 0.3) is 28.1 Å². The number of rotatable bonds is 8. The van der Waals surface area contributed by atoms with Crippen molar-refractivity contribution in [2.24, 2.45) is 0 Å². The van der Waals surface area contributed by atoms with E-state index in [0.29, 0.717) is 43.1 Å². The molecule has 0 unspecified atom stereocenters. The number of aromatic nitrogens is 2. The third-order valence-electron chi connectivity index (χ3n) is 7.11. The van der Waals surface area contributed by atoms with Crippen molar-refractivity contribution >= 4 is 57.4 Å². The Morgan fingerprint density at radius 3 is 2.52 bits per heavy atom. The lowest BCUT2D eigenvalue weighted by molar-refractivity contribution is -0.133. The van der Waals surface area contributed by atoms with Gasteiger partial charge in [0, 0.05) is 62.4 Å². The first-order chi connectivity index (χ1) is 19.3. The van der Waals surface area contributed by atoms with Crippen LogP contribution < -0.4 is 10.2 Å². The van der Waals surface area contributed by atoms with Gasteiger partial charge in [-0.25, -0.2) is 4.98 Å². The van der Waals surface area contributed by atoms with Gasteiger partial charge in [-0.2, -0.15) is 0 Å². The zero-order valence-corrected chi connectivity index (χ0v) is 23.0. The van der Waals surface area contributed by atoms with Gasteiger partial charge < -0.3 is 9.80 Å². The van der Waals surface area contributed by atoms with Gasteiger partial charge in [-0.05, 0) is 71.3 Å². The minimum atomic E-state index is -0.389. The normalized spacial score (nSPS) is 16.5. The van der Waals surface area contributed by atoms with E-state index < -0.39 is 0 Å². The van der Waals surface area contributed by atoms with Crippen LogP contribution in [0.2, 0.25) is 0 Å². The molecule has 2 aromatic heterocycles. The predicted octanol–water partition coefficient (Wildman–Crippen LogP) is 4.58. The van der Waals surface area contributed by atoms with Crippen molar-refractivity contribution in [1.29, 1.82) is 0 Å². The summed E-state index contributed by atoms with van der Waals surface area (Å²) in [6.45, 7) is 8.14. The monoisotopic (exact) mass is 555 g/mol.